The molecule has 0 aliphatic carbocycles. The van der Waals surface area contributed by atoms with Crippen LogP contribution in [0.2, 0.25) is 0 Å². The third-order valence-corrected chi connectivity index (χ3v) is 3.79. The number of fused-ring (bicyclic) bond motifs is 1. The number of benzene rings is 1. The minimum atomic E-state index is -0.966. The first kappa shape index (κ1) is 15.4. The van der Waals surface area contributed by atoms with Gasteiger partial charge in [-0.25, -0.2) is 9.48 Å². The van der Waals surface area contributed by atoms with Crippen molar-refractivity contribution in [1.82, 2.24) is 19.9 Å². The number of carbonyl (C=O) groups is 1. The van der Waals surface area contributed by atoms with Crippen LogP contribution in [0.4, 0.5) is 0 Å². The number of hydrogen-bond donors (Lipinski definition) is 1. The van der Waals surface area contributed by atoms with E-state index in [-0.39, 0.29) is 5.56 Å². The molecule has 0 fully saturated rings. The molecule has 0 aliphatic heterocycles. The molecule has 0 radical (unpaired) electrons. The molecule has 1 aromatic heterocycles. The molecule has 0 bridgehead atoms. The fourth-order valence-electron chi connectivity index (χ4n) is 2.21. The summed E-state index contributed by atoms with van der Waals surface area (Å²) in [5.41, 5.74) is 1.45. The van der Waals surface area contributed by atoms with Crippen molar-refractivity contribution in [3.63, 3.8) is 0 Å². The molecule has 0 spiro atoms. The molecule has 0 amide bonds. The molecule has 1 heterocycles. The van der Waals surface area contributed by atoms with Crippen LogP contribution in [-0.4, -0.2) is 50.6 Å². The molecule has 1 N–H and O–H groups in total. The molecular formula is C15H22N4O2. The minimum absolute atomic E-state index is 0.207. The first-order valence-corrected chi connectivity index (χ1v) is 7.26. The highest BCUT2D eigenvalue weighted by atomic mass is 16.4. The van der Waals surface area contributed by atoms with Crippen molar-refractivity contribution >= 4 is 17.0 Å². The second kappa shape index (κ2) is 6.67. The van der Waals surface area contributed by atoms with Crippen molar-refractivity contribution in [2.45, 2.75) is 39.3 Å². The number of unbranched alkanes of at least 4 members (excludes halogenated alkanes) is 1. The minimum Gasteiger partial charge on any atom is -0.478 e. The van der Waals surface area contributed by atoms with Crippen LogP contribution in [0.25, 0.3) is 11.0 Å². The molecule has 21 heavy (non-hydrogen) atoms. The molecule has 0 saturated carbocycles. The van der Waals surface area contributed by atoms with Gasteiger partial charge in [0.1, 0.15) is 5.52 Å². The van der Waals surface area contributed by atoms with E-state index in [0.717, 1.165) is 31.4 Å². The van der Waals surface area contributed by atoms with Crippen molar-refractivity contribution in [2.24, 2.45) is 0 Å². The fourth-order valence-corrected chi connectivity index (χ4v) is 2.21. The van der Waals surface area contributed by atoms with Crippen molar-refractivity contribution < 1.29 is 9.90 Å². The van der Waals surface area contributed by atoms with Gasteiger partial charge in [-0.1, -0.05) is 11.3 Å². The Morgan fingerprint density at radius 1 is 1.38 bits per heavy atom. The molecule has 114 valence electrons. The van der Waals surface area contributed by atoms with Crippen LogP contribution in [0.5, 0.6) is 0 Å². The zero-order valence-corrected chi connectivity index (χ0v) is 12.8. The molecule has 0 atom stereocenters. The maximum absolute atomic E-state index is 11.1. The van der Waals surface area contributed by atoms with E-state index < -0.39 is 5.97 Å². The summed E-state index contributed by atoms with van der Waals surface area (Å²) in [6.45, 7) is 6.16. The first-order valence-electron chi connectivity index (χ1n) is 7.26. The van der Waals surface area contributed by atoms with Crippen LogP contribution in [0.3, 0.4) is 0 Å². The van der Waals surface area contributed by atoms with Crippen LogP contribution < -0.4 is 0 Å². The Labute approximate surface area is 124 Å². The number of hydrogen-bond acceptors (Lipinski definition) is 4. The molecule has 6 nitrogen and oxygen atoms in total. The van der Waals surface area contributed by atoms with E-state index in [1.165, 1.54) is 0 Å². The number of carboxylic acids is 1. The lowest BCUT2D eigenvalue weighted by Crippen LogP contribution is -2.27. The van der Waals surface area contributed by atoms with Crippen LogP contribution in [0.1, 0.15) is 37.0 Å². The Morgan fingerprint density at radius 3 is 2.81 bits per heavy atom. The highest BCUT2D eigenvalue weighted by Gasteiger charge is 2.13. The number of aryl methyl sites for hydroxylation is 1. The second-order valence-corrected chi connectivity index (χ2v) is 5.57. The first-order chi connectivity index (χ1) is 10.0. The van der Waals surface area contributed by atoms with Crippen LogP contribution >= 0.6 is 0 Å². The van der Waals surface area contributed by atoms with Gasteiger partial charge in [0.05, 0.1) is 11.1 Å². The normalized spacial score (nSPS) is 11.7. The van der Waals surface area contributed by atoms with Gasteiger partial charge in [-0.15, -0.1) is 5.10 Å². The lowest BCUT2D eigenvalue weighted by atomic mass is 10.2. The third-order valence-electron chi connectivity index (χ3n) is 3.79. The topological polar surface area (TPSA) is 71.2 Å². The largest absolute Gasteiger partial charge is 0.478 e. The summed E-state index contributed by atoms with van der Waals surface area (Å²) in [6, 6.07) is 5.71. The van der Waals surface area contributed by atoms with Crippen LogP contribution in [0.15, 0.2) is 18.2 Å². The predicted molar refractivity (Wildman–Crippen MR) is 81.5 cm³/mol. The highest BCUT2D eigenvalue weighted by Crippen LogP contribution is 2.16. The van der Waals surface area contributed by atoms with Gasteiger partial charge < -0.3 is 10.0 Å². The number of rotatable bonds is 7. The predicted octanol–water partition coefficient (Wildman–Crippen LogP) is 2.25. The van der Waals surface area contributed by atoms with Gasteiger partial charge in [0.15, 0.2) is 0 Å². The fraction of sp³-hybridized carbons (Fsp3) is 0.533. The lowest BCUT2D eigenvalue weighted by Gasteiger charge is -2.20. The van der Waals surface area contributed by atoms with E-state index in [1.54, 1.807) is 16.8 Å². The maximum Gasteiger partial charge on any atom is 0.338 e. The quantitative estimate of drug-likeness (QED) is 0.792. The molecule has 1 aromatic carbocycles. The smallest absolute Gasteiger partial charge is 0.338 e. The number of nitrogens with zero attached hydrogens (tertiary/aromatic N) is 4. The van der Waals surface area contributed by atoms with E-state index in [1.807, 2.05) is 6.07 Å². The van der Waals surface area contributed by atoms with Crippen molar-refractivity contribution in [3.05, 3.63) is 23.8 Å². The second-order valence-electron chi connectivity index (χ2n) is 5.57. The summed E-state index contributed by atoms with van der Waals surface area (Å²) in [6.07, 6.45) is 2.07. The molecule has 2 aromatic rings. The Hall–Kier alpha value is -1.95. The molecule has 0 saturated heterocycles. The SMILES string of the molecule is CC(C)N(C)CCCCn1nnc2c(C(=O)O)cccc21. The summed E-state index contributed by atoms with van der Waals surface area (Å²) in [7, 11) is 2.12. The number of carboxylic acid groups (broad SMARTS) is 1. The van der Waals surface area contributed by atoms with Gasteiger partial charge in [0.25, 0.3) is 0 Å². The highest BCUT2D eigenvalue weighted by molar-refractivity contribution is 6.00. The molecule has 2 rings (SSSR count). The van der Waals surface area contributed by atoms with Crippen LogP contribution in [0, 0.1) is 0 Å². The van der Waals surface area contributed by atoms with Gasteiger partial charge in [0.2, 0.25) is 0 Å². The number of aromatic nitrogens is 3. The summed E-state index contributed by atoms with van der Waals surface area (Å²) in [5, 5.41) is 17.2. The average Bonchev–Trinajstić information content (AvgIpc) is 2.86. The van der Waals surface area contributed by atoms with Crippen LogP contribution in [-0.2, 0) is 6.54 Å². The van der Waals surface area contributed by atoms with Gasteiger partial charge in [-0.2, -0.15) is 0 Å². The van der Waals surface area contributed by atoms with E-state index in [9.17, 15) is 4.79 Å². The maximum atomic E-state index is 11.1. The van der Waals surface area contributed by atoms with Crippen molar-refractivity contribution in [1.29, 1.82) is 0 Å². The van der Waals surface area contributed by atoms with E-state index in [4.69, 9.17) is 5.11 Å². The molecule has 0 unspecified atom stereocenters. The van der Waals surface area contributed by atoms with Gasteiger partial charge >= 0.3 is 5.97 Å². The van der Waals surface area contributed by atoms with E-state index in [0.29, 0.717) is 11.6 Å². The average molecular weight is 290 g/mol. The summed E-state index contributed by atoms with van der Waals surface area (Å²) >= 11 is 0. The molecular weight excluding hydrogens is 268 g/mol. The van der Waals surface area contributed by atoms with E-state index in [2.05, 4.69) is 36.1 Å². The summed E-state index contributed by atoms with van der Waals surface area (Å²) in [5.74, 6) is -0.966. The monoisotopic (exact) mass is 290 g/mol. The Bertz CT molecular complexity index is 621. The van der Waals surface area contributed by atoms with E-state index >= 15 is 0 Å². The Kier molecular flexibility index (Phi) is 4.90. The summed E-state index contributed by atoms with van der Waals surface area (Å²) in [4.78, 5) is 13.4. The molecule has 0 aliphatic rings. The van der Waals surface area contributed by atoms with Gasteiger partial charge in [-0.3, -0.25) is 0 Å². The zero-order valence-electron chi connectivity index (χ0n) is 12.8. The lowest BCUT2D eigenvalue weighted by molar-refractivity contribution is 0.0699. The van der Waals surface area contributed by atoms with Crippen molar-refractivity contribution in [2.75, 3.05) is 13.6 Å². The third kappa shape index (κ3) is 3.58. The Balaban J connectivity index is 2.00. The zero-order chi connectivity index (χ0) is 15.4. The standard InChI is InChI=1S/C15H22N4O2/c1-11(2)18(3)9-4-5-10-19-13-8-6-7-12(15(20)21)14(13)16-17-19/h6-8,11H,4-5,9-10H2,1-3H3,(H,20,21). The number of aromatic carboxylic acids is 1. The Morgan fingerprint density at radius 2 is 2.14 bits per heavy atom. The van der Waals surface area contributed by atoms with Crippen molar-refractivity contribution in [3.8, 4) is 0 Å². The van der Waals surface area contributed by atoms with Gasteiger partial charge in [-0.05, 0) is 52.4 Å². The summed E-state index contributed by atoms with van der Waals surface area (Å²) < 4.78 is 1.79. The molecule has 6 heteroatoms. The van der Waals surface area contributed by atoms with Gasteiger partial charge in [0, 0.05) is 12.6 Å².